The van der Waals surface area contributed by atoms with Crippen LogP contribution in [0.2, 0.25) is 5.02 Å². The summed E-state index contributed by atoms with van der Waals surface area (Å²) in [4.78, 5) is 28.1. The van der Waals surface area contributed by atoms with Gasteiger partial charge in [-0.3, -0.25) is 14.5 Å². The van der Waals surface area contributed by atoms with Crippen molar-refractivity contribution >= 4 is 34.7 Å². The Morgan fingerprint density at radius 1 is 0.906 bits per heavy atom. The van der Waals surface area contributed by atoms with Gasteiger partial charge in [-0.15, -0.1) is 0 Å². The van der Waals surface area contributed by atoms with Gasteiger partial charge in [0.25, 0.3) is 11.8 Å². The molecule has 0 saturated carbocycles. The van der Waals surface area contributed by atoms with E-state index < -0.39 is 0 Å². The third-order valence-corrected chi connectivity index (χ3v) is 5.94. The van der Waals surface area contributed by atoms with Crippen LogP contribution in [0.25, 0.3) is 5.57 Å². The van der Waals surface area contributed by atoms with Gasteiger partial charge >= 0.3 is 0 Å². The van der Waals surface area contributed by atoms with E-state index in [0.717, 1.165) is 16.7 Å². The summed E-state index contributed by atoms with van der Waals surface area (Å²) < 4.78 is 5.19. The first-order valence-corrected chi connectivity index (χ1v) is 10.6. The Kier molecular flexibility index (Phi) is 6.01. The summed E-state index contributed by atoms with van der Waals surface area (Å²) in [5.74, 6) is 0.00250. The molecule has 0 unspecified atom stereocenters. The second-order valence-corrected chi connectivity index (χ2v) is 8.11. The van der Waals surface area contributed by atoms with Gasteiger partial charge in [0, 0.05) is 10.7 Å². The number of aryl methyl sites for hydroxylation is 1. The molecule has 0 radical (unpaired) electrons. The summed E-state index contributed by atoms with van der Waals surface area (Å²) >= 11 is 6.27. The number of anilines is 1. The van der Waals surface area contributed by atoms with Gasteiger partial charge in [-0.25, -0.2) is 0 Å². The van der Waals surface area contributed by atoms with E-state index in [2.05, 4.69) is 5.32 Å². The highest BCUT2D eigenvalue weighted by molar-refractivity contribution is 6.36. The fraction of sp³-hybridized carbons (Fsp3) is 0.154. The molecule has 3 aromatic carbocycles. The number of ether oxygens (including phenoxy) is 1. The lowest BCUT2D eigenvalue weighted by Gasteiger charge is -2.16. The van der Waals surface area contributed by atoms with Crippen LogP contribution < -0.4 is 10.1 Å². The highest BCUT2D eigenvalue weighted by atomic mass is 35.5. The maximum atomic E-state index is 13.4. The van der Waals surface area contributed by atoms with E-state index in [0.29, 0.717) is 27.6 Å². The van der Waals surface area contributed by atoms with Crippen molar-refractivity contribution in [3.8, 4) is 5.75 Å². The molecule has 2 amide bonds. The predicted octanol–water partition coefficient (Wildman–Crippen LogP) is 5.36. The van der Waals surface area contributed by atoms with Gasteiger partial charge in [0.2, 0.25) is 0 Å². The minimum Gasteiger partial charge on any atom is -0.497 e. The molecule has 1 N–H and O–H groups in total. The Morgan fingerprint density at radius 2 is 1.59 bits per heavy atom. The summed E-state index contributed by atoms with van der Waals surface area (Å²) in [5.41, 5.74) is 4.68. The molecule has 0 aromatic heterocycles. The van der Waals surface area contributed by atoms with Gasteiger partial charge in [-0.2, -0.15) is 0 Å². The van der Waals surface area contributed by atoms with E-state index in [4.69, 9.17) is 16.3 Å². The van der Waals surface area contributed by atoms with Crippen molar-refractivity contribution < 1.29 is 14.3 Å². The van der Waals surface area contributed by atoms with Gasteiger partial charge < -0.3 is 10.1 Å². The molecule has 0 saturated heterocycles. The van der Waals surface area contributed by atoms with Crippen LogP contribution in [-0.2, 0) is 16.1 Å². The minimum absolute atomic E-state index is 0.163. The number of halogens is 1. The Morgan fingerprint density at radius 3 is 2.25 bits per heavy atom. The lowest BCUT2D eigenvalue weighted by Crippen LogP contribution is -2.32. The van der Waals surface area contributed by atoms with E-state index in [1.165, 1.54) is 4.90 Å². The zero-order valence-corrected chi connectivity index (χ0v) is 18.9. The zero-order chi connectivity index (χ0) is 22.8. The number of nitrogens with one attached hydrogen (secondary N) is 1. The van der Waals surface area contributed by atoms with E-state index in [1.54, 1.807) is 19.2 Å². The van der Waals surface area contributed by atoms with Crippen molar-refractivity contribution in [1.82, 2.24) is 4.90 Å². The third-order valence-electron chi connectivity index (χ3n) is 5.54. The van der Waals surface area contributed by atoms with E-state index >= 15 is 0 Å². The molecule has 6 heteroatoms. The van der Waals surface area contributed by atoms with Crippen molar-refractivity contribution in [2.75, 3.05) is 12.4 Å². The summed E-state index contributed by atoms with van der Waals surface area (Å²) in [6.07, 6.45) is 0. The monoisotopic (exact) mass is 446 g/mol. The SMILES string of the molecule is COc1ccc(CN2C(=O)C(Nc3cccc(Cl)c3C)=C(c3ccc(C)cc3)C2=O)cc1. The molecule has 1 heterocycles. The highest BCUT2D eigenvalue weighted by Crippen LogP contribution is 2.33. The summed E-state index contributed by atoms with van der Waals surface area (Å²) in [6, 6.07) is 20.3. The Labute approximate surface area is 192 Å². The number of carbonyl (C=O) groups excluding carboxylic acids is 2. The number of methoxy groups -OCH3 is 1. The normalized spacial score (nSPS) is 13.7. The van der Waals surface area contributed by atoms with Gasteiger partial charge in [0.15, 0.2) is 0 Å². The number of hydrogen-bond acceptors (Lipinski definition) is 4. The highest BCUT2D eigenvalue weighted by Gasteiger charge is 2.39. The largest absolute Gasteiger partial charge is 0.497 e. The van der Waals surface area contributed by atoms with Crippen molar-refractivity contribution in [2.24, 2.45) is 0 Å². The first kappa shape index (κ1) is 21.7. The summed E-state index contributed by atoms with van der Waals surface area (Å²) in [7, 11) is 1.59. The standard InChI is InChI=1S/C26H23ClN2O3/c1-16-7-11-19(12-8-16)23-24(28-22-6-4-5-21(27)17(22)2)26(31)29(25(23)30)15-18-9-13-20(32-3)14-10-18/h4-14,28H,15H2,1-3H3. The molecule has 0 fully saturated rings. The van der Waals surface area contributed by atoms with Gasteiger partial charge in [-0.1, -0.05) is 59.6 Å². The second-order valence-electron chi connectivity index (χ2n) is 7.70. The average Bonchev–Trinajstić information content (AvgIpc) is 3.02. The van der Waals surface area contributed by atoms with E-state index in [-0.39, 0.29) is 24.1 Å². The number of nitrogens with zero attached hydrogens (tertiary/aromatic N) is 1. The molecular formula is C26H23ClN2O3. The van der Waals surface area contributed by atoms with Gasteiger partial charge in [-0.05, 0) is 54.8 Å². The molecule has 3 aromatic rings. The van der Waals surface area contributed by atoms with Crippen molar-refractivity contribution in [3.05, 3.63) is 99.7 Å². The van der Waals surface area contributed by atoms with E-state index in [1.807, 2.05) is 68.4 Å². The molecule has 1 aliphatic heterocycles. The predicted molar refractivity (Wildman–Crippen MR) is 126 cm³/mol. The number of carbonyl (C=O) groups is 2. The molecule has 5 nitrogen and oxygen atoms in total. The quantitative estimate of drug-likeness (QED) is 0.518. The fourth-order valence-electron chi connectivity index (χ4n) is 3.61. The lowest BCUT2D eigenvalue weighted by molar-refractivity contribution is -0.137. The van der Waals surface area contributed by atoms with Crippen LogP contribution in [0.5, 0.6) is 5.75 Å². The van der Waals surface area contributed by atoms with Crippen LogP contribution in [-0.4, -0.2) is 23.8 Å². The first-order chi connectivity index (χ1) is 15.4. The van der Waals surface area contributed by atoms with Crippen LogP contribution in [0.1, 0.15) is 22.3 Å². The maximum Gasteiger partial charge on any atom is 0.278 e. The smallest absolute Gasteiger partial charge is 0.278 e. The van der Waals surface area contributed by atoms with Gasteiger partial charge in [0.1, 0.15) is 11.4 Å². The summed E-state index contributed by atoms with van der Waals surface area (Å²) in [5, 5.41) is 3.77. The van der Waals surface area contributed by atoms with Crippen LogP contribution in [0.15, 0.2) is 72.4 Å². The molecular weight excluding hydrogens is 424 g/mol. The van der Waals surface area contributed by atoms with Crippen molar-refractivity contribution in [1.29, 1.82) is 0 Å². The first-order valence-electron chi connectivity index (χ1n) is 10.2. The zero-order valence-electron chi connectivity index (χ0n) is 18.1. The molecule has 0 aliphatic carbocycles. The fourth-order valence-corrected chi connectivity index (χ4v) is 3.79. The molecule has 4 rings (SSSR count). The lowest BCUT2D eigenvalue weighted by atomic mass is 10.0. The number of rotatable bonds is 6. The Balaban J connectivity index is 1.73. The molecule has 0 spiro atoms. The molecule has 0 atom stereocenters. The van der Waals surface area contributed by atoms with Crippen molar-refractivity contribution in [3.63, 3.8) is 0 Å². The maximum absolute atomic E-state index is 13.4. The average molecular weight is 447 g/mol. The molecule has 32 heavy (non-hydrogen) atoms. The number of benzene rings is 3. The second kappa shape index (κ2) is 8.89. The Bertz CT molecular complexity index is 1210. The topological polar surface area (TPSA) is 58.6 Å². The van der Waals surface area contributed by atoms with Crippen LogP contribution >= 0.6 is 11.6 Å². The Hall–Kier alpha value is -3.57. The third kappa shape index (κ3) is 4.12. The molecule has 1 aliphatic rings. The van der Waals surface area contributed by atoms with Crippen molar-refractivity contribution in [2.45, 2.75) is 20.4 Å². The minimum atomic E-state index is -0.374. The van der Waals surface area contributed by atoms with Crippen LogP contribution in [0, 0.1) is 13.8 Å². The van der Waals surface area contributed by atoms with Crippen LogP contribution in [0.3, 0.4) is 0 Å². The molecule has 162 valence electrons. The molecule has 0 bridgehead atoms. The van der Waals surface area contributed by atoms with E-state index in [9.17, 15) is 9.59 Å². The number of imide groups is 1. The number of hydrogen-bond donors (Lipinski definition) is 1. The van der Waals surface area contributed by atoms with Crippen LogP contribution in [0.4, 0.5) is 5.69 Å². The summed E-state index contributed by atoms with van der Waals surface area (Å²) in [6.45, 7) is 4.01. The number of amides is 2. The van der Waals surface area contributed by atoms with Gasteiger partial charge in [0.05, 0.1) is 19.2 Å².